The Morgan fingerprint density at radius 1 is 1.08 bits per heavy atom. The SMILES string of the molecule is Cn1c(=O)ccc2cnc(Nc3ccc(-n4cccn4)cc3)cc21. The minimum absolute atomic E-state index is 0.0387. The first kappa shape index (κ1) is 14.2. The molecule has 0 atom stereocenters. The highest BCUT2D eigenvalue weighted by molar-refractivity contribution is 5.81. The largest absolute Gasteiger partial charge is 0.340 e. The summed E-state index contributed by atoms with van der Waals surface area (Å²) in [5, 5.41) is 8.39. The molecule has 4 rings (SSSR count). The van der Waals surface area contributed by atoms with Crippen molar-refractivity contribution >= 4 is 22.4 Å². The molecule has 4 aromatic rings. The van der Waals surface area contributed by atoms with Crippen molar-refractivity contribution in [2.45, 2.75) is 0 Å². The number of hydrogen-bond donors (Lipinski definition) is 1. The van der Waals surface area contributed by atoms with Gasteiger partial charge in [-0.05, 0) is 36.4 Å². The molecule has 6 heteroatoms. The van der Waals surface area contributed by atoms with Gasteiger partial charge in [0.25, 0.3) is 5.56 Å². The van der Waals surface area contributed by atoms with E-state index in [4.69, 9.17) is 0 Å². The van der Waals surface area contributed by atoms with Gasteiger partial charge in [-0.1, -0.05) is 0 Å². The third kappa shape index (κ3) is 2.54. The van der Waals surface area contributed by atoms with Crippen LogP contribution in [-0.4, -0.2) is 19.3 Å². The molecule has 0 unspecified atom stereocenters. The van der Waals surface area contributed by atoms with Gasteiger partial charge >= 0.3 is 0 Å². The van der Waals surface area contributed by atoms with Crippen LogP contribution in [0.1, 0.15) is 0 Å². The van der Waals surface area contributed by atoms with Crippen molar-refractivity contribution in [3.05, 3.63) is 77.5 Å². The molecule has 118 valence electrons. The number of nitrogens with one attached hydrogen (secondary N) is 1. The maximum absolute atomic E-state index is 11.8. The fourth-order valence-corrected chi connectivity index (χ4v) is 2.60. The fourth-order valence-electron chi connectivity index (χ4n) is 2.60. The minimum Gasteiger partial charge on any atom is -0.340 e. The normalized spacial score (nSPS) is 10.9. The lowest BCUT2D eigenvalue weighted by Crippen LogP contribution is -2.15. The van der Waals surface area contributed by atoms with Crippen molar-refractivity contribution in [2.75, 3.05) is 5.32 Å². The summed E-state index contributed by atoms with van der Waals surface area (Å²) in [5.41, 5.74) is 2.70. The smallest absolute Gasteiger partial charge is 0.250 e. The van der Waals surface area contributed by atoms with Crippen LogP contribution in [-0.2, 0) is 7.05 Å². The molecule has 24 heavy (non-hydrogen) atoms. The van der Waals surface area contributed by atoms with E-state index >= 15 is 0 Å². The van der Waals surface area contributed by atoms with E-state index < -0.39 is 0 Å². The molecular weight excluding hydrogens is 302 g/mol. The highest BCUT2D eigenvalue weighted by Gasteiger charge is 2.03. The lowest BCUT2D eigenvalue weighted by atomic mass is 10.2. The Labute approximate surface area is 138 Å². The zero-order valence-electron chi connectivity index (χ0n) is 13.0. The van der Waals surface area contributed by atoms with Gasteiger partial charge in [0.15, 0.2) is 0 Å². The monoisotopic (exact) mass is 317 g/mol. The van der Waals surface area contributed by atoms with E-state index in [-0.39, 0.29) is 5.56 Å². The summed E-state index contributed by atoms with van der Waals surface area (Å²) in [6, 6.07) is 15.0. The molecule has 0 aliphatic carbocycles. The predicted molar refractivity (Wildman–Crippen MR) is 93.8 cm³/mol. The summed E-state index contributed by atoms with van der Waals surface area (Å²) in [5.74, 6) is 0.690. The number of aryl methyl sites for hydroxylation is 1. The molecule has 3 heterocycles. The van der Waals surface area contributed by atoms with Crippen molar-refractivity contribution in [3.8, 4) is 5.69 Å². The van der Waals surface area contributed by atoms with E-state index in [1.54, 1.807) is 40.8 Å². The van der Waals surface area contributed by atoms with Gasteiger partial charge in [0.1, 0.15) is 5.82 Å². The first-order valence-electron chi connectivity index (χ1n) is 7.54. The first-order valence-corrected chi connectivity index (χ1v) is 7.54. The van der Waals surface area contributed by atoms with Gasteiger partial charge in [0.2, 0.25) is 0 Å². The molecule has 1 aromatic carbocycles. The Morgan fingerprint density at radius 2 is 1.92 bits per heavy atom. The number of nitrogens with zero attached hydrogens (tertiary/aromatic N) is 4. The molecule has 0 spiro atoms. The molecule has 6 nitrogen and oxygen atoms in total. The van der Waals surface area contributed by atoms with E-state index in [9.17, 15) is 4.79 Å². The molecule has 0 saturated carbocycles. The number of pyridine rings is 2. The number of benzene rings is 1. The molecule has 0 saturated heterocycles. The first-order chi connectivity index (χ1) is 11.7. The van der Waals surface area contributed by atoms with E-state index in [1.165, 1.54) is 0 Å². The second kappa shape index (κ2) is 5.66. The minimum atomic E-state index is -0.0387. The quantitative estimate of drug-likeness (QED) is 0.631. The number of anilines is 2. The zero-order chi connectivity index (χ0) is 16.5. The Kier molecular flexibility index (Phi) is 3.35. The maximum atomic E-state index is 11.8. The second-order valence-corrected chi connectivity index (χ2v) is 5.48. The second-order valence-electron chi connectivity index (χ2n) is 5.48. The summed E-state index contributed by atoms with van der Waals surface area (Å²) < 4.78 is 3.41. The number of rotatable bonds is 3. The highest BCUT2D eigenvalue weighted by atomic mass is 16.1. The Bertz CT molecular complexity index is 1050. The van der Waals surface area contributed by atoms with E-state index in [2.05, 4.69) is 15.4 Å². The Hall–Kier alpha value is -3.41. The summed E-state index contributed by atoms with van der Waals surface area (Å²) in [6.07, 6.45) is 5.40. The third-order valence-corrected chi connectivity index (χ3v) is 3.92. The number of fused-ring (bicyclic) bond motifs is 1. The van der Waals surface area contributed by atoms with Crippen LogP contribution in [0.25, 0.3) is 16.6 Å². The topological polar surface area (TPSA) is 64.7 Å². The summed E-state index contributed by atoms with van der Waals surface area (Å²) in [7, 11) is 1.76. The van der Waals surface area contributed by atoms with E-state index in [1.807, 2.05) is 42.6 Å². The Balaban J connectivity index is 1.64. The lowest BCUT2D eigenvalue weighted by molar-refractivity contribution is 0.881. The van der Waals surface area contributed by atoms with Crippen LogP contribution in [0.5, 0.6) is 0 Å². The van der Waals surface area contributed by atoms with Crippen LogP contribution in [0.3, 0.4) is 0 Å². The van der Waals surface area contributed by atoms with Crippen LogP contribution < -0.4 is 10.9 Å². The van der Waals surface area contributed by atoms with Crippen molar-refractivity contribution < 1.29 is 0 Å². The van der Waals surface area contributed by atoms with Crippen LogP contribution in [0, 0.1) is 0 Å². The third-order valence-electron chi connectivity index (χ3n) is 3.92. The van der Waals surface area contributed by atoms with Crippen LogP contribution in [0.4, 0.5) is 11.5 Å². The molecule has 0 radical (unpaired) electrons. The summed E-state index contributed by atoms with van der Waals surface area (Å²) in [4.78, 5) is 16.2. The molecule has 0 aliphatic rings. The van der Waals surface area contributed by atoms with Crippen LogP contribution in [0.15, 0.2) is 71.9 Å². The van der Waals surface area contributed by atoms with Crippen LogP contribution in [0.2, 0.25) is 0 Å². The summed E-state index contributed by atoms with van der Waals surface area (Å²) in [6.45, 7) is 0. The van der Waals surface area contributed by atoms with Gasteiger partial charge in [-0.15, -0.1) is 0 Å². The number of hydrogen-bond acceptors (Lipinski definition) is 4. The number of aromatic nitrogens is 4. The van der Waals surface area contributed by atoms with E-state index in [0.717, 1.165) is 22.3 Å². The molecular formula is C18H15N5O. The molecule has 0 bridgehead atoms. The zero-order valence-corrected chi connectivity index (χ0v) is 13.0. The van der Waals surface area contributed by atoms with Gasteiger partial charge in [0, 0.05) is 48.8 Å². The van der Waals surface area contributed by atoms with Crippen LogP contribution >= 0.6 is 0 Å². The average molecular weight is 317 g/mol. The molecule has 1 N–H and O–H groups in total. The predicted octanol–water partition coefficient (Wildman–Crippen LogP) is 2.86. The van der Waals surface area contributed by atoms with Crippen molar-refractivity contribution in [3.63, 3.8) is 0 Å². The van der Waals surface area contributed by atoms with Gasteiger partial charge in [-0.3, -0.25) is 4.79 Å². The highest BCUT2D eigenvalue weighted by Crippen LogP contribution is 2.20. The summed E-state index contributed by atoms with van der Waals surface area (Å²) >= 11 is 0. The maximum Gasteiger partial charge on any atom is 0.250 e. The fraction of sp³-hybridized carbons (Fsp3) is 0.0556. The molecule has 0 aliphatic heterocycles. The van der Waals surface area contributed by atoms with Gasteiger partial charge in [-0.2, -0.15) is 5.10 Å². The molecule has 3 aromatic heterocycles. The Morgan fingerprint density at radius 3 is 2.67 bits per heavy atom. The standard InChI is InChI=1S/C18H15N5O/c1-22-16-11-17(19-12-13(16)3-8-18(22)24)21-14-4-6-15(7-5-14)23-10-2-9-20-23/h2-12H,1H3,(H,19,21). The molecule has 0 fully saturated rings. The van der Waals surface area contributed by atoms with Crippen molar-refractivity contribution in [2.24, 2.45) is 7.05 Å². The van der Waals surface area contributed by atoms with Gasteiger partial charge in [0.05, 0.1) is 11.2 Å². The van der Waals surface area contributed by atoms with Gasteiger partial charge < -0.3 is 9.88 Å². The van der Waals surface area contributed by atoms with Crippen molar-refractivity contribution in [1.29, 1.82) is 0 Å². The lowest BCUT2D eigenvalue weighted by Gasteiger charge is -2.09. The molecule has 0 amide bonds. The van der Waals surface area contributed by atoms with Gasteiger partial charge in [-0.25, -0.2) is 9.67 Å². The van der Waals surface area contributed by atoms with E-state index in [0.29, 0.717) is 5.82 Å². The van der Waals surface area contributed by atoms with Crippen molar-refractivity contribution in [1.82, 2.24) is 19.3 Å². The average Bonchev–Trinajstić information content (AvgIpc) is 3.14.